The molecule has 1 aromatic carbocycles. The third-order valence-electron chi connectivity index (χ3n) is 3.62. The molecule has 8 heteroatoms. The molecule has 118 valence electrons. The average molecular weight is 336 g/mol. The largest absolute Gasteiger partial charge is 0.396 e. The first-order valence-electron chi connectivity index (χ1n) is 6.72. The number of benzene rings is 1. The summed E-state index contributed by atoms with van der Waals surface area (Å²) in [6.07, 6.45) is 2.03. The summed E-state index contributed by atoms with van der Waals surface area (Å²) >= 11 is 5.81. The number of nitrogens with two attached hydrogens (primary N) is 1. The van der Waals surface area contributed by atoms with E-state index < -0.39 is 15.8 Å². The van der Waals surface area contributed by atoms with E-state index in [1.807, 2.05) is 7.05 Å². The lowest BCUT2D eigenvalue weighted by Gasteiger charge is -2.29. The second-order valence-corrected chi connectivity index (χ2v) is 7.57. The zero-order valence-corrected chi connectivity index (χ0v) is 13.3. The number of rotatable bonds is 4. The van der Waals surface area contributed by atoms with E-state index in [9.17, 15) is 12.8 Å². The minimum absolute atomic E-state index is 0.171. The van der Waals surface area contributed by atoms with Gasteiger partial charge in [0.05, 0.1) is 10.7 Å². The summed E-state index contributed by atoms with van der Waals surface area (Å²) in [4.78, 5) is 1.98. The van der Waals surface area contributed by atoms with Crippen molar-refractivity contribution in [1.82, 2.24) is 9.62 Å². The van der Waals surface area contributed by atoms with Crippen molar-refractivity contribution in [3.05, 3.63) is 23.0 Å². The van der Waals surface area contributed by atoms with Crippen molar-refractivity contribution >= 4 is 27.3 Å². The van der Waals surface area contributed by atoms with E-state index in [-0.39, 0.29) is 21.5 Å². The Morgan fingerprint density at radius 2 is 2.24 bits per heavy atom. The Balaban J connectivity index is 2.10. The highest BCUT2D eigenvalue weighted by Crippen LogP contribution is 2.26. The molecule has 1 atom stereocenters. The maximum atomic E-state index is 13.2. The van der Waals surface area contributed by atoms with Crippen LogP contribution in [0.15, 0.2) is 17.0 Å². The molecular formula is C13H19ClFN3O2S. The monoisotopic (exact) mass is 335 g/mol. The van der Waals surface area contributed by atoms with Crippen LogP contribution in [-0.2, 0) is 10.0 Å². The summed E-state index contributed by atoms with van der Waals surface area (Å²) in [6.45, 7) is 2.21. The van der Waals surface area contributed by atoms with Gasteiger partial charge in [-0.25, -0.2) is 17.5 Å². The first-order valence-corrected chi connectivity index (χ1v) is 8.58. The molecule has 1 saturated heterocycles. The van der Waals surface area contributed by atoms with Crippen molar-refractivity contribution in [2.45, 2.75) is 17.7 Å². The Kier molecular flexibility index (Phi) is 5.08. The van der Waals surface area contributed by atoms with Gasteiger partial charge in [0.2, 0.25) is 10.0 Å². The van der Waals surface area contributed by atoms with Gasteiger partial charge in [0.15, 0.2) is 0 Å². The predicted molar refractivity (Wildman–Crippen MR) is 81.2 cm³/mol. The molecule has 2 rings (SSSR count). The molecule has 0 amide bonds. The van der Waals surface area contributed by atoms with Crippen LogP contribution in [0, 0.1) is 11.7 Å². The molecule has 1 aliphatic rings. The molecular weight excluding hydrogens is 317 g/mol. The summed E-state index contributed by atoms with van der Waals surface area (Å²) in [6, 6.07) is 1.97. The van der Waals surface area contributed by atoms with Gasteiger partial charge >= 0.3 is 0 Å². The number of nitrogens with zero attached hydrogens (tertiary/aromatic N) is 1. The van der Waals surface area contributed by atoms with E-state index in [2.05, 4.69) is 9.62 Å². The van der Waals surface area contributed by atoms with E-state index in [1.165, 1.54) is 0 Å². The van der Waals surface area contributed by atoms with E-state index in [1.54, 1.807) is 0 Å². The zero-order chi connectivity index (χ0) is 15.6. The lowest BCUT2D eigenvalue weighted by atomic mass is 9.99. The molecule has 1 aliphatic heterocycles. The summed E-state index contributed by atoms with van der Waals surface area (Å²) < 4.78 is 40.3. The summed E-state index contributed by atoms with van der Waals surface area (Å²) in [5, 5.41) is -0.171. The molecule has 0 bridgehead atoms. The van der Waals surface area contributed by atoms with Gasteiger partial charge in [-0.3, -0.25) is 0 Å². The summed E-state index contributed by atoms with van der Waals surface area (Å²) in [5.41, 5.74) is 5.17. The molecule has 1 fully saturated rings. The van der Waals surface area contributed by atoms with Gasteiger partial charge in [-0.2, -0.15) is 0 Å². The van der Waals surface area contributed by atoms with Gasteiger partial charge in [0.25, 0.3) is 0 Å². The molecule has 0 aliphatic carbocycles. The first-order chi connectivity index (χ1) is 9.79. The second-order valence-electron chi connectivity index (χ2n) is 5.43. The number of halogens is 2. The number of piperidine rings is 1. The van der Waals surface area contributed by atoms with Crippen LogP contribution >= 0.6 is 11.6 Å². The smallest absolute Gasteiger partial charge is 0.242 e. The SMILES string of the molecule is CN1CCCC(CNS(=O)(=O)c2cc(N)c(F)cc2Cl)C1. The van der Waals surface area contributed by atoms with Gasteiger partial charge in [-0.05, 0) is 44.5 Å². The van der Waals surface area contributed by atoms with Crippen LogP contribution in [0.4, 0.5) is 10.1 Å². The van der Waals surface area contributed by atoms with Crippen LogP contribution in [0.2, 0.25) is 5.02 Å². The van der Waals surface area contributed by atoms with Crippen molar-refractivity contribution in [3.63, 3.8) is 0 Å². The minimum atomic E-state index is -3.79. The fourth-order valence-electron chi connectivity index (χ4n) is 2.50. The van der Waals surface area contributed by atoms with Crippen molar-refractivity contribution in [3.8, 4) is 0 Å². The van der Waals surface area contributed by atoms with E-state index in [0.29, 0.717) is 6.54 Å². The van der Waals surface area contributed by atoms with Crippen LogP contribution in [-0.4, -0.2) is 40.0 Å². The van der Waals surface area contributed by atoms with Crippen LogP contribution in [0.3, 0.4) is 0 Å². The first kappa shape index (κ1) is 16.5. The number of sulfonamides is 1. The average Bonchev–Trinajstić information content (AvgIpc) is 2.41. The summed E-state index contributed by atoms with van der Waals surface area (Å²) in [5.74, 6) is -0.469. The van der Waals surface area contributed by atoms with Crippen LogP contribution in [0.25, 0.3) is 0 Å². The number of likely N-dealkylation sites (tertiary alicyclic amines) is 1. The number of hydrogen-bond acceptors (Lipinski definition) is 4. The maximum absolute atomic E-state index is 13.2. The van der Waals surface area contributed by atoms with Gasteiger partial charge in [-0.15, -0.1) is 0 Å². The molecule has 5 nitrogen and oxygen atoms in total. The Morgan fingerprint density at radius 3 is 2.90 bits per heavy atom. The highest BCUT2D eigenvalue weighted by Gasteiger charge is 2.23. The molecule has 0 spiro atoms. The molecule has 0 radical (unpaired) electrons. The third kappa shape index (κ3) is 4.06. The van der Waals surface area contributed by atoms with E-state index >= 15 is 0 Å². The highest BCUT2D eigenvalue weighted by atomic mass is 35.5. The molecule has 21 heavy (non-hydrogen) atoms. The van der Waals surface area contributed by atoms with Crippen molar-refractivity contribution in [2.75, 3.05) is 32.4 Å². The van der Waals surface area contributed by atoms with Crippen LogP contribution < -0.4 is 10.5 Å². The quantitative estimate of drug-likeness (QED) is 0.821. The molecule has 0 saturated carbocycles. The van der Waals surface area contributed by atoms with Crippen molar-refractivity contribution < 1.29 is 12.8 Å². The van der Waals surface area contributed by atoms with Crippen LogP contribution in [0.1, 0.15) is 12.8 Å². The Labute approximate surface area is 129 Å². The number of hydrogen-bond donors (Lipinski definition) is 2. The normalized spacial score (nSPS) is 20.6. The van der Waals surface area contributed by atoms with E-state index in [4.69, 9.17) is 17.3 Å². The Bertz CT molecular complexity index is 624. The van der Waals surface area contributed by atoms with Gasteiger partial charge in [0.1, 0.15) is 10.7 Å². The molecule has 1 aromatic rings. The minimum Gasteiger partial charge on any atom is -0.396 e. The topological polar surface area (TPSA) is 75.4 Å². The van der Waals surface area contributed by atoms with Crippen molar-refractivity contribution in [2.24, 2.45) is 5.92 Å². The standard InChI is InChI=1S/C13H19ClFN3O2S/c1-18-4-2-3-9(8-18)7-17-21(19,20)13-6-12(16)11(15)5-10(13)14/h5-6,9,17H,2-4,7-8,16H2,1H3. The number of nitrogen functional groups attached to an aromatic ring is 1. The fourth-order valence-corrected chi connectivity index (χ4v) is 4.16. The van der Waals surface area contributed by atoms with Crippen LogP contribution in [0.5, 0.6) is 0 Å². The highest BCUT2D eigenvalue weighted by molar-refractivity contribution is 7.89. The number of nitrogens with one attached hydrogen (secondary N) is 1. The second kappa shape index (κ2) is 6.48. The molecule has 1 unspecified atom stereocenters. The molecule has 1 heterocycles. The van der Waals surface area contributed by atoms with Crippen molar-refractivity contribution in [1.29, 1.82) is 0 Å². The predicted octanol–water partition coefficient (Wildman–Crippen LogP) is 1.68. The Hall–Kier alpha value is -0.890. The van der Waals surface area contributed by atoms with E-state index in [0.717, 1.165) is 38.1 Å². The number of anilines is 1. The van der Waals surface area contributed by atoms with Gasteiger partial charge < -0.3 is 10.6 Å². The Morgan fingerprint density at radius 1 is 1.52 bits per heavy atom. The maximum Gasteiger partial charge on any atom is 0.242 e. The third-order valence-corrected chi connectivity index (χ3v) is 5.51. The molecule has 3 N–H and O–H groups in total. The van der Waals surface area contributed by atoms with Gasteiger partial charge in [-0.1, -0.05) is 11.6 Å². The van der Waals surface area contributed by atoms with Gasteiger partial charge in [0, 0.05) is 13.1 Å². The lowest BCUT2D eigenvalue weighted by Crippen LogP contribution is -2.39. The summed E-state index contributed by atoms with van der Waals surface area (Å²) in [7, 11) is -1.78. The fraction of sp³-hybridized carbons (Fsp3) is 0.538. The zero-order valence-electron chi connectivity index (χ0n) is 11.8. The lowest BCUT2D eigenvalue weighted by molar-refractivity contribution is 0.211. The molecule has 0 aromatic heterocycles.